The number of carbonyl (C=O) groups is 2. The standard InChI is InChI=1S/C28H38N4O3/c1-21(2)19-27(33)29-22-11-12-24(23(20-22)28(34)32-13-7-4-8-14-32)30-15-17-31(18-16-30)25-9-5-6-10-26(25)35-3/h5-6,9-12,20-21H,4,7-8,13-19H2,1-3H3,(H,29,33). The zero-order valence-corrected chi connectivity index (χ0v) is 21.3. The molecule has 0 aromatic heterocycles. The number of hydrogen-bond donors (Lipinski definition) is 1. The Balaban J connectivity index is 1.55. The van der Waals surface area contributed by atoms with Gasteiger partial charge < -0.3 is 24.8 Å². The number of ether oxygens (including phenoxy) is 1. The van der Waals surface area contributed by atoms with Crippen LogP contribution < -0.4 is 19.9 Å². The topological polar surface area (TPSA) is 65.1 Å². The number of amides is 2. The quantitative estimate of drug-likeness (QED) is 0.629. The van der Waals surface area contributed by atoms with Gasteiger partial charge in [-0.25, -0.2) is 0 Å². The van der Waals surface area contributed by atoms with E-state index in [0.717, 1.165) is 69.2 Å². The Labute approximate surface area is 209 Å². The van der Waals surface area contributed by atoms with Gasteiger partial charge in [0.15, 0.2) is 0 Å². The van der Waals surface area contributed by atoms with Crippen LogP contribution in [0.2, 0.25) is 0 Å². The number of para-hydroxylation sites is 2. The Morgan fingerprint density at radius 2 is 1.54 bits per heavy atom. The molecule has 2 heterocycles. The number of nitrogens with zero attached hydrogens (tertiary/aromatic N) is 3. The van der Waals surface area contributed by atoms with Crippen molar-refractivity contribution in [1.82, 2.24) is 4.90 Å². The lowest BCUT2D eigenvalue weighted by Crippen LogP contribution is -2.47. The first-order valence-electron chi connectivity index (χ1n) is 12.8. The molecule has 0 bridgehead atoms. The van der Waals surface area contributed by atoms with Crippen LogP contribution in [-0.4, -0.2) is 63.1 Å². The van der Waals surface area contributed by atoms with Crippen LogP contribution in [0.25, 0.3) is 0 Å². The molecule has 0 saturated carbocycles. The maximum Gasteiger partial charge on any atom is 0.256 e. The zero-order valence-electron chi connectivity index (χ0n) is 21.3. The summed E-state index contributed by atoms with van der Waals surface area (Å²) in [5.41, 5.74) is 3.41. The molecule has 2 aromatic rings. The molecule has 188 valence electrons. The van der Waals surface area contributed by atoms with Gasteiger partial charge in [0.05, 0.1) is 18.4 Å². The van der Waals surface area contributed by atoms with Crippen molar-refractivity contribution in [2.24, 2.45) is 5.92 Å². The van der Waals surface area contributed by atoms with Crippen molar-refractivity contribution in [2.75, 3.05) is 61.5 Å². The third-order valence-corrected chi connectivity index (χ3v) is 6.79. The minimum absolute atomic E-state index is 0.0189. The number of benzene rings is 2. The summed E-state index contributed by atoms with van der Waals surface area (Å²) in [6.45, 7) is 8.93. The first-order valence-corrected chi connectivity index (χ1v) is 12.8. The van der Waals surface area contributed by atoms with E-state index in [-0.39, 0.29) is 17.7 Å². The Morgan fingerprint density at radius 1 is 0.886 bits per heavy atom. The number of anilines is 3. The second-order valence-corrected chi connectivity index (χ2v) is 9.88. The van der Waals surface area contributed by atoms with E-state index in [2.05, 4.69) is 21.2 Å². The average molecular weight is 479 g/mol. The van der Waals surface area contributed by atoms with E-state index in [1.54, 1.807) is 7.11 Å². The minimum Gasteiger partial charge on any atom is -0.495 e. The molecule has 35 heavy (non-hydrogen) atoms. The molecular formula is C28H38N4O3. The van der Waals surface area contributed by atoms with Gasteiger partial charge in [0.25, 0.3) is 5.91 Å². The lowest BCUT2D eigenvalue weighted by atomic mass is 10.0. The Morgan fingerprint density at radius 3 is 2.20 bits per heavy atom. The van der Waals surface area contributed by atoms with Crippen LogP contribution in [0.5, 0.6) is 5.75 Å². The van der Waals surface area contributed by atoms with Crippen molar-refractivity contribution in [2.45, 2.75) is 39.5 Å². The molecule has 0 radical (unpaired) electrons. The second kappa shape index (κ2) is 11.5. The molecular weight excluding hydrogens is 440 g/mol. The highest BCUT2D eigenvalue weighted by atomic mass is 16.5. The fourth-order valence-corrected chi connectivity index (χ4v) is 4.99. The van der Waals surface area contributed by atoms with Crippen LogP contribution in [0.3, 0.4) is 0 Å². The maximum absolute atomic E-state index is 13.6. The smallest absolute Gasteiger partial charge is 0.256 e. The van der Waals surface area contributed by atoms with E-state index < -0.39 is 0 Å². The summed E-state index contributed by atoms with van der Waals surface area (Å²) in [7, 11) is 1.70. The van der Waals surface area contributed by atoms with Crippen molar-refractivity contribution in [3.63, 3.8) is 0 Å². The number of piperazine rings is 1. The predicted molar refractivity (Wildman–Crippen MR) is 142 cm³/mol. The normalized spacial score (nSPS) is 16.4. The lowest BCUT2D eigenvalue weighted by molar-refractivity contribution is -0.116. The molecule has 4 rings (SSSR count). The molecule has 0 spiro atoms. The monoisotopic (exact) mass is 478 g/mol. The molecule has 2 aromatic carbocycles. The number of carbonyl (C=O) groups excluding carboxylic acids is 2. The summed E-state index contributed by atoms with van der Waals surface area (Å²) in [4.78, 5) is 32.6. The third-order valence-electron chi connectivity index (χ3n) is 6.79. The summed E-state index contributed by atoms with van der Waals surface area (Å²) in [6, 6.07) is 13.9. The van der Waals surface area contributed by atoms with E-state index >= 15 is 0 Å². The van der Waals surface area contributed by atoms with Crippen LogP contribution in [0, 0.1) is 5.92 Å². The van der Waals surface area contributed by atoms with Crippen molar-refractivity contribution >= 4 is 28.9 Å². The molecule has 7 nitrogen and oxygen atoms in total. The largest absolute Gasteiger partial charge is 0.495 e. The highest BCUT2D eigenvalue weighted by Crippen LogP contribution is 2.32. The highest BCUT2D eigenvalue weighted by Gasteiger charge is 2.26. The van der Waals surface area contributed by atoms with E-state index in [1.807, 2.05) is 55.1 Å². The number of methoxy groups -OCH3 is 1. The number of hydrogen-bond acceptors (Lipinski definition) is 5. The summed E-state index contributed by atoms with van der Waals surface area (Å²) in [6.07, 6.45) is 3.72. The molecule has 1 N–H and O–H groups in total. The molecule has 2 saturated heterocycles. The van der Waals surface area contributed by atoms with Gasteiger partial charge in [-0.15, -0.1) is 0 Å². The van der Waals surface area contributed by atoms with Gasteiger partial charge in [0, 0.05) is 57.1 Å². The van der Waals surface area contributed by atoms with Gasteiger partial charge in [-0.05, 0) is 55.5 Å². The number of nitrogens with one attached hydrogen (secondary N) is 1. The highest BCUT2D eigenvalue weighted by molar-refractivity contribution is 6.02. The second-order valence-electron chi connectivity index (χ2n) is 9.88. The van der Waals surface area contributed by atoms with Crippen molar-refractivity contribution < 1.29 is 14.3 Å². The van der Waals surface area contributed by atoms with Crippen LogP contribution >= 0.6 is 0 Å². The number of rotatable bonds is 7. The van der Waals surface area contributed by atoms with Crippen LogP contribution in [0.1, 0.15) is 49.9 Å². The predicted octanol–water partition coefficient (Wildman–Crippen LogP) is 4.63. The molecule has 2 aliphatic rings. The molecule has 2 amide bonds. The fraction of sp³-hybridized carbons (Fsp3) is 0.500. The van der Waals surface area contributed by atoms with E-state index in [1.165, 1.54) is 6.42 Å². The van der Waals surface area contributed by atoms with E-state index in [9.17, 15) is 9.59 Å². The van der Waals surface area contributed by atoms with Crippen molar-refractivity contribution in [1.29, 1.82) is 0 Å². The molecule has 0 unspecified atom stereocenters. The zero-order chi connectivity index (χ0) is 24.8. The molecule has 0 aliphatic carbocycles. The lowest BCUT2D eigenvalue weighted by Gasteiger charge is -2.39. The first-order chi connectivity index (χ1) is 17.0. The van der Waals surface area contributed by atoms with Gasteiger partial charge in [0.1, 0.15) is 5.75 Å². The Hall–Kier alpha value is -3.22. The van der Waals surface area contributed by atoms with Gasteiger partial charge in [-0.3, -0.25) is 9.59 Å². The Bertz CT molecular complexity index is 1020. The first kappa shape index (κ1) is 24.9. The Kier molecular flexibility index (Phi) is 8.16. The SMILES string of the molecule is COc1ccccc1N1CCN(c2ccc(NC(=O)CC(C)C)cc2C(=O)N2CCCCC2)CC1. The summed E-state index contributed by atoms with van der Waals surface area (Å²) >= 11 is 0. The molecule has 2 fully saturated rings. The summed E-state index contributed by atoms with van der Waals surface area (Å²) in [5, 5.41) is 2.99. The summed E-state index contributed by atoms with van der Waals surface area (Å²) in [5.74, 6) is 1.20. The van der Waals surface area contributed by atoms with Crippen molar-refractivity contribution in [3.8, 4) is 5.75 Å². The van der Waals surface area contributed by atoms with Crippen LogP contribution in [-0.2, 0) is 4.79 Å². The molecule has 2 aliphatic heterocycles. The van der Waals surface area contributed by atoms with Gasteiger partial charge in [-0.2, -0.15) is 0 Å². The maximum atomic E-state index is 13.6. The van der Waals surface area contributed by atoms with Gasteiger partial charge in [0.2, 0.25) is 5.91 Å². The minimum atomic E-state index is -0.0189. The van der Waals surface area contributed by atoms with Crippen LogP contribution in [0.4, 0.5) is 17.1 Å². The van der Waals surface area contributed by atoms with E-state index in [4.69, 9.17) is 4.74 Å². The van der Waals surface area contributed by atoms with Gasteiger partial charge >= 0.3 is 0 Å². The fourth-order valence-electron chi connectivity index (χ4n) is 4.99. The average Bonchev–Trinajstić information content (AvgIpc) is 2.88. The molecule has 0 atom stereocenters. The van der Waals surface area contributed by atoms with Crippen molar-refractivity contribution in [3.05, 3.63) is 48.0 Å². The summed E-state index contributed by atoms with van der Waals surface area (Å²) < 4.78 is 5.56. The molecule has 7 heteroatoms. The van der Waals surface area contributed by atoms with Crippen LogP contribution in [0.15, 0.2) is 42.5 Å². The number of likely N-dealkylation sites (tertiary alicyclic amines) is 1. The third kappa shape index (κ3) is 6.08. The van der Waals surface area contributed by atoms with E-state index in [0.29, 0.717) is 17.7 Å². The van der Waals surface area contributed by atoms with Gasteiger partial charge in [-0.1, -0.05) is 26.0 Å². The number of piperidine rings is 1.